The minimum atomic E-state index is -3.85. The van der Waals surface area contributed by atoms with E-state index in [-0.39, 0.29) is 12.2 Å². The highest BCUT2D eigenvalue weighted by molar-refractivity contribution is 7.87. The SMILES string of the molecule is COc1ccc2[nH]cc(CCNC(=O)C(=Cc3cn(S(=O)(=O)N(C)C)c4ccccc34)NC(=O)c3ccc(C)cc3)c2c1. The predicted octanol–water partition coefficient (Wildman–Crippen LogP) is 4.22. The van der Waals surface area contributed by atoms with Crippen LogP contribution in [0.1, 0.15) is 27.0 Å². The van der Waals surface area contributed by atoms with Crippen molar-refractivity contribution in [3.05, 3.63) is 107 Å². The average Bonchev–Trinajstić information content (AvgIpc) is 3.58. The molecular formula is C32H33N5O5S. The van der Waals surface area contributed by atoms with Gasteiger partial charge in [-0.05, 0) is 61.4 Å². The highest BCUT2D eigenvalue weighted by Gasteiger charge is 2.22. The Labute approximate surface area is 250 Å². The van der Waals surface area contributed by atoms with E-state index in [1.807, 2.05) is 43.5 Å². The Balaban J connectivity index is 1.47. The largest absolute Gasteiger partial charge is 0.497 e. The van der Waals surface area contributed by atoms with Crippen LogP contribution in [0.5, 0.6) is 5.75 Å². The molecule has 0 aliphatic carbocycles. The van der Waals surface area contributed by atoms with Crippen molar-refractivity contribution in [1.82, 2.24) is 23.9 Å². The zero-order valence-corrected chi connectivity index (χ0v) is 25.2. The number of benzene rings is 3. The summed E-state index contributed by atoms with van der Waals surface area (Å²) in [5, 5.41) is 7.25. The smallest absolute Gasteiger partial charge is 0.307 e. The number of aromatic amines is 1. The first-order chi connectivity index (χ1) is 20.6. The second-order valence-corrected chi connectivity index (χ2v) is 12.3. The van der Waals surface area contributed by atoms with Crippen molar-refractivity contribution in [3.8, 4) is 5.75 Å². The number of H-pyrrole nitrogens is 1. The predicted molar refractivity (Wildman–Crippen MR) is 168 cm³/mol. The van der Waals surface area contributed by atoms with Crippen molar-refractivity contribution in [2.24, 2.45) is 0 Å². The van der Waals surface area contributed by atoms with Crippen molar-refractivity contribution in [1.29, 1.82) is 0 Å². The van der Waals surface area contributed by atoms with Crippen LogP contribution in [0.2, 0.25) is 0 Å². The summed E-state index contributed by atoms with van der Waals surface area (Å²) in [6, 6.07) is 19.7. The van der Waals surface area contributed by atoms with Crippen LogP contribution in [0.3, 0.4) is 0 Å². The number of amides is 2. The van der Waals surface area contributed by atoms with Gasteiger partial charge in [0.25, 0.3) is 11.8 Å². The summed E-state index contributed by atoms with van der Waals surface area (Å²) in [5.41, 5.74) is 4.22. The molecule has 0 aliphatic heterocycles. The van der Waals surface area contributed by atoms with Gasteiger partial charge >= 0.3 is 10.2 Å². The molecule has 0 saturated heterocycles. The van der Waals surface area contributed by atoms with Gasteiger partial charge in [0.15, 0.2) is 0 Å². The summed E-state index contributed by atoms with van der Waals surface area (Å²) in [7, 11) is 0.658. The lowest BCUT2D eigenvalue weighted by Gasteiger charge is -2.13. The number of fused-ring (bicyclic) bond motifs is 2. The lowest BCUT2D eigenvalue weighted by atomic mass is 10.1. The highest BCUT2D eigenvalue weighted by Crippen LogP contribution is 2.26. The van der Waals surface area contributed by atoms with E-state index in [4.69, 9.17) is 4.74 Å². The van der Waals surface area contributed by atoms with Gasteiger partial charge in [-0.25, -0.2) is 3.97 Å². The lowest BCUT2D eigenvalue weighted by Crippen LogP contribution is -2.35. The van der Waals surface area contributed by atoms with Crippen molar-refractivity contribution < 1.29 is 22.7 Å². The molecule has 43 heavy (non-hydrogen) atoms. The Kier molecular flexibility index (Phi) is 8.38. The number of rotatable bonds is 10. The summed E-state index contributed by atoms with van der Waals surface area (Å²) in [6.07, 6.45) is 5.37. The zero-order chi connectivity index (χ0) is 30.7. The number of para-hydroxylation sites is 1. The fourth-order valence-electron chi connectivity index (χ4n) is 4.77. The monoisotopic (exact) mass is 599 g/mol. The van der Waals surface area contributed by atoms with E-state index in [1.54, 1.807) is 43.5 Å². The van der Waals surface area contributed by atoms with Gasteiger partial charge in [-0.3, -0.25) is 9.59 Å². The third kappa shape index (κ3) is 6.18. The number of ether oxygens (including phenoxy) is 1. The molecule has 222 valence electrons. The minimum Gasteiger partial charge on any atom is -0.497 e. The number of aryl methyl sites for hydroxylation is 1. The maximum atomic E-state index is 13.6. The van der Waals surface area contributed by atoms with Gasteiger partial charge in [0.2, 0.25) is 0 Å². The third-order valence-corrected chi connectivity index (χ3v) is 8.90. The molecular weight excluding hydrogens is 566 g/mol. The van der Waals surface area contributed by atoms with Gasteiger partial charge in [0, 0.05) is 60.4 Å². The first kappa shape index (κ1) is 29.6. The maximum Gasteiger partial charge on any atom is 0.307 e. The fraction of sp³-hybridized carbons (Fsp3) is 0.188. The summed E-state index contributed by atoms with van der Waals surface area (Å²) in [4.78, 5) is 30.0. The van der Waals surface area contributed by atoms with Crippen molar-refractivity contribution >= 4 is 49.9 Å². The van der Waals surface area contributed by atoms with Crippen LogP contribution in [0.15, 0.2) is 84.8 Å². The fourth-order valence-corrected chi connectivity index (χ4v) is 5.77. The number of carbonyl (C=O) groups excluding carboxylic acids is 2. The number of carbonyl (C=O) groups is 2. The summed E-state index contributed by atoms with van der Waals surface area (Å²) in [5.74, 6) is -0.239. The van der Waals surface area contributed by atoms with Crippen molar-refractivity contribution in [2.45, 2.75) is 13.3 Å². The molecule has 2 heterocycles. The van der Waals surface area contributed by atoms with Crippen LogP contribution in [0.25, 0.3) is 27.9 Å². The van der Waals surface area contributed by atoms with E-state index >= 15 is 0 Å². The van der Waals surface area contributed by atoms with E-state index in [9.17, 15) is 18.0 Å². The number of hydrogen-bond acceptors (Lipinski definition) is 5. The van der Waals surface area contributed by atoms with E-state index in [0.29, 0.717) is 28.5 Å². The molecule has 0 spiro atoms. The van der Waals surface area contributed by atoms with Gasteiger partial charge in [-0.1, -0.05) is 35.9 Å². The molecule has 2 amide bonds. The summed E-state index contributed by atoms with van der Waals surface area (Å²) >= 11 is 0. The van der Waals surface area contributed by atoms with Crippen LogP contribution in [-0.2, 0) is 21.4 Å². The molecule has 0 radical (unpaired) electrons. The standard InChI is InChI=1S/C32H33N5O5S/c1-21-9-11-22(12-10-21)31(38)35-29(17-24-20-37(43(40,41)36(2)3)30-8-6-5-7-26(24)30)32(39)33-16-15-23-19-34-28-14-13-25(42-4)18-27(23)28/h5-14,17-20,34H,15-16H2,1-4H3,(H,33,39)(H,35,38). The van der Waals surface area contributed by atoms with Crippen LogP contribution < -0.4 is 15.4 Å². The Morgan fingerprint density at radius 1 is 1.02 bits per heavy atom. The van der Waals surface area contributed by atoms with Gasteiger partial charge in [-0.2, -0.15) is 12.7 Å². The van der Waals surface area contributed by atoms with E-state index in [2.05, 4.69) is 15.6 Å². The Hall–Kier alpha value is -4.87. The molecule has 0 bridgehead atoms. The normalized spacial score (nSPS) is 12.2. The van der Waals surface area contributed by atoms with Gasteiger partial charge < -0.3 is 20.4 Å². The third-order valence-electron chi connectivity index (χ3n) is 7.18. The Morgan fingerprint density at radius 2 is 1.77 bits per heavy atom. The number of aromatic nitrogens is 2. The number of methoxy groups -OCH3 is 1. The first-order valence-electron chi connectivity index (χ1n) is 13.6. The molecule has 0 aliphatic rings. The second-order valence-electron chi connectivity index (χ2n) is 10.3. The summed E-state index contributed by atoms with van der Waals surface area (Å²) < 4.78 is 33.8. The molecule has 0 saturated carbocycles. The quantitative estimate of drug-likeness (QED) is 0.207. The molecule has 10 nitrogen and oxygen atoms in total. The van der Waals surface area contributed by atoms with Crippen molar-refractivity contribution in [2.75, 3.05) is 27.7 Å². The molecule has 3 N–H and O–H groups in total. The van der Waals surface area contributed by atoms with Gasteiger partial charge in [-0.15, -0.1) is 0 Å². The molecule has 0 fully saturated rings. The van der Waals surface area contributed by atoms with Gasteiger partial charge in [0.1, 0.15) is 11.4 Å². The second kappa shape index (κ2) is 12.2. The highest BCUT2D eigenvalue weighted by atomic mass is 32.2. The average molecular weight is 600 g/mol. The van der Waals surface area contributed by atoms with E-state index in [1.165, 1.54) is 26.4 Å². The number of nitrogens with one attached hydrogen (secondary N) is 3. The Morgan fingerprint density at radius 3 is 2.49 bits per heavy atom. The molecule has 5 rings (SSSR count). The molecule has 0 atom stereocenters. The van der Waals surface area contributed by atoms with Crippen molar-refractivity contribution in [3.63, 3.8) is 0 Å². The summed E-state index contributed by atoms with van der Waals surface area (Å²) in [6.45, 7) is 2.21. The van der Waals surface area contributed by atoms with E-state index in [0.717, 1.165) is 36.1 Å². The molecule has 3 aromatic carbocycles. The Bertz CT molecular complexity index is 1950. The molecule has 5 aromatic rings. The van der Waals surface area contributed by atoms with Crippen LogP contribution >= 0.6 is 0 Å². The topological polar surface area (TPSA) is 126 Å². The van der Waals surface area contributed by atoms with Gasteiger partial charge in [0.05, 0.1) is 12.6 Å². The maximum absolute atomic E-state index is 13.6. The van der Waals surface area contributed by atoms with Crippen LogP contribution in [0, 0.1) is 6.92 Å². The lowest BCUT2D eigenvalue weighted by molar-refractivity contribution is -0.117. The minimum absolute atomic E-state index is 0.0173. The number of nitrogens with zero attached hydrogens (tertiary/aromatic N) is 2. The van der Waals surface area contributed by atoms with Crippen LogP contribution in [0.4, 0.5) is 0 Å². The molecule has 0 unspecified atom stereocenters. The first-order valence-corrected chi connectivity index (χ1v) is 15.0. The number of hydrogen-bond donors (Lipinski definition) is 3. The van der Waals surface area contributed by atoms with E-state index < -0.39 is 22.0 Å². The molecule has 2 aromatic heterocycles. The molecule has 11 heteroatoms. The zero-order valence-electron chi connectivity index (χ0n) is 24.3. The van der Waals surface area contributed by atoms with Crippen LogP contribution in [-0.4, -0.2) is 61.2 Å².